The molecule has 13 heavy (non-hydrogen) atoms. The zero-order valence-corrected chi connectivity index (χ0v) is 8.36. The van der Waals surface area contributed by atoms with E-state index in [-0.39, 0.29) is 0 Å². The molecular formula is C11H12ClN. The maximum absolute atomic E-state index is 5.97. The van der Waals surface area contributed by atoms with Crippen molar-refractivity contribution in [1.29, 1.82) is 0 Å². The highest BCUT2D eigenvalue weighted by molar-refractivity contribution is 6.31. The van der Waals surface area contributed by atoms with Gasteiger partial charge in [-0.05, 0) is 24.6 Å². The summed E-state index contributed by atoms with van der Waals surface area (Å²) in [6.45, 7) is 2.60. The Bertz CT molecular complexity index is 347. The molecule has 0 fully saturated rings. The number of benzene rings is 1. The van der Waals surface area contributed by atoms with Gasteiger partial charge in [0.2, 0.25) is 0 Å². The lowest BCUT2D eigenvalue weighted by molar-refractivity contribution is 1.03. The maximum atomic E-state index is 5.97. The first-order valence-electron chi connectivity index (χ1n) is 4.19. The van der Waals surface area contributed by atoms with E-state index in [4.69, 9.17) is 17.3 Å². The molecule has 2 heteroatoms. The first-order chi connectivity index (χ1) is 6.24. The van der Waals surface area contributed by atoms with Gasteiger partial charge in [0.1, 0.15) is 0 Å². The average molecular weight is 194 g/mol. The first kappa shape index (κ1) is 10.1. The van der Waals surface area contributed by atoms with Gasteiger partial charge in [-0.25, -0.2) is 0 Å². The summed E-state index contributed by atoms with van der Waals surface area (Å²) < 4.78 is 0. The van der Waals surface area contributed by atoms with Crippen LogP contribution in [-0.4, -0.2) is 6.54 Å². The highest BCUT2D eigenvalue weighted by Gasteiger charge is 1.95. The van der Waals surface area contributed by atoms with E-state index in [1.807, 2.05) is 25.1 Å². The Labute approximate surface area is 83.9 Å². The Morgan fingerprint density at radius 2 is 2.23 bits per heavy atom. The molecule has 0 spiro atoms. The zero-order valence-electron chi connectivity index (χ0n) is 7.60. The highest BCUT2D eigenvalue weighted by Crippen LogP contribution is 2.16. The molecule has 0 saturated carbocycles. The third-order valence-corrected chi connectivity index (χ3v) is 1.93. The highest BCUT2D eigenvalue weighted by atomic mass is 35.5. The molecule has 0 aliphatic rings. The normalized spacial score (nSPS) is 9.15. The molecule has 0 heterocycles. The van der Waals surface area contributed by atoms with Crippen molar-refractivity contribution in [3.63, 3.8) is 0 Å². The lowest BCUT2D eigenvalue weighted by atomic mass is 10.1. The van der Waals surface area contributed by atoms with Gasteiger partial charge in [-0.3, -0.25) is 0 Å². The molecule has 0 aliphatic carbocycles. The summed E-state index contributed by atoms with van der Waals surface area (Å²) in [6.07, 6.45) is 0.713. The monoisotopic (exact) mass is 193 g/mol. The second-order valence-corrected chi connectivity index (χ2v) is 3.23. The van der Waals surface area contributed by atoms with Gasteiger partial charge in [-0.2, -0.15) is 0 Å². The molecule has 1 aromatic carbocycles. The van der Waals surface area contributed by atoms with E-state index in [0.29, 0.717) is 18.0 Å². The van der Waals surface area contributed by atoms with E-state index in [2.05, 4.69) is 11.8 Å². The van der Waals surface area contributed by atoms with Gasteiger partial charge >= 0.3 is 0 Å². The van der Waals surface area contributed by atoms with Crippen LogP contribution in [0.4, 0.5) is 0 Å². The van der Waals surface area contributed by atoms with Crippen molar-refractivity contribution in [2.45, 2.75) is 13.3 Å². The summed E-state index contributed by atoms with van der Waals surface area (Å²) in [7, 11) is 0. The minimum Gasteiger partial charge on any atom is -0.330 e. The molecule has 68 valence electrons. The summed E-state index contributed by atoms with van der Waals surface area (Å²) in [5.41, 5.74) is 7.34. The van der Waals surface area contributed by atoms with Crippen LogP contribution in [0.1, 0.15) is 17.5 Å². The van der Waals surface area contributed by atoms with E-state index >= 15 is 0 Å². The van der Waals surface area contributed by atoms with Crippen LogP contribution in [-0.2, 0) is 0 Å². The van der Waals surface area contributed by atoms with Crippen molar-refractivity contribution in [2.24, 2.45) is 5.73 Å². The van der Waals surface area contributed by atoms with Crippen molar-refractivity contribution in [2.75, 3.05) is 6.54 Å². The molecule has 0 radical (unpaired) electrons. The van der Waals surface area contributed by atoms with Crippen LogP contribution in [0.5, 0.6) is 0 Å². The van der Waals surface area contributed by atoms with Crippen molar-refractivity contribution in [3.8, 4) is 11.8 Å². The minimum atomic E-state index is 0.594. The van der Waals surface area contributed by atoms with Crippen LogP contribution in [0.15, 0.2) is 18.2 Å². The summed E-state index contributed by atoms with van der Waals surface area (Å²) in [5, 5.41) is 0.713. The predicted molar refractivity (Wildman–Crippen MR) is 56.7 cm³/mol. The molecule has 0 aliphatic heterocycles. The molecule has 0 saturated heterocycles. The maximum Gasteiger partial charge on any atom is 0.0565 e. The van der Waals surface area contributed by atoms with Crippen LogP contribution < -0.4 is 5.73 Å². The fourth-order valence-electron chi connectivity index (χ4n) is 0.951. The van der Waals surface area contributed by atoms with Gasteiger partial charge in [0, 0.05) is 18.5 Å². The Hall–Kier alpha value is -0.970. The summed E-state index contributed by atoms with van der Waals surface area (Å²) in [5.74, 6) is 5.93. The standard InChI is InChI=1S/C11H12ClN/c1-9-5-6-10(11(12)8-9)4-2-3-7-13/h5-6,8H,3,7,13H2,1H3. The third kappa shape index (κ3) is 3.10. The topological polar surface area (TPSA) is 26.0 Å². The van der Waals surface area contributed by atoms with Crippen LogP contribution in [0.25, 0.3) is 0 Å². The van der Waals surface area contributed by atoms with Gasteiger partial charge < -0.3 is 5.73 Å². The van der Waals surface area contributed by atoms with Gasteiger partial charge in [0.25, 0.3) is 0 Å². The Morgan fingerprint density at radius 3 is 2.85 bits per heavy atom. The van der Waals surface area contributed by atoms with E-state index in [1.54, 1.807) is 0 Å². The number of halogens is 1. The molecular weight excluding hydrogens is 182 g/mol. The largest absolute Gasteiger partial charge is 0.330 e. The molecule has 0 aromatic heterocycles. The van der Waals surface area contributed by atoms with E-state index in [9.17, 15) is 0 Å². The summed E-state index contributed by atoms with van der Waals surface area (Å²) in [4.78, 5) is 0. The van der Waals surface area contributed by atoms with Crippen molar-refractivity contribution < 1.29 is 0 Å². The van der Waals surface area contributed by atoms with Crippen LogP contribution in [0.3, 0.4) is 0 Å². The lowest BCUT2D eigenvalue weighted by Crippen LogP contribution is -1.95. The van der Waals surface area contributed by atoms with Crippen LogP contribution in [0.2, 0.25) is 5.02 Å². The fraction of sp³-hybridized carbons (Fsp3) is 0.273. The molecule has 1 nitrogen and oxygen atoms in total. The second kappa shape index (κ2) is 4.91. The van der Waals surface area contributed by atoms with E-state index < -0.39 is 0 Å². The SMILES string of the molecule is Cc1ccc(C#CCCN)c(Cl)c1. The molecule has 0 unspecified atom stereocenters. The number of hydrogen-bond donors (Lipinski definition) is 1. The van der Waals surface area contributed by atoms with Gasteiger partial charge in [-0.15, -0.1) is 0 Å². The van der Waals surface area contributed by atoms with Crippen LogP contribution in [0, 0.1) is 18.8 Å². The lowest BCUT2D eigenvalue weighted by Gasteiger charge is -1.96. The molecule has 0 atom stereocenters. The van der Waals surface area contributed by atoms with Crippen molar-refractivity contribution in [1.82, 2.24) is 0 Å². The number of hydrogen-bond acceptors (Lipinski definition) is 1. The molecule has 2 N–H and O–H groups in total. The van der Waals surface area contributed by atoms with Gasteiger partial charge in [-0.1, -0.05) is 29.5 Å². The molecule has 0 bridgehead atoms. The first-order valence-corrected chi connectivity index (χ1v) is 4.57. The summed E-state index contributed by atoms with van der Waals surface area (Å²) in [6, 6.07) is 5.84. The minimum absolute atomic E-state index is 0.594. The van der Waals surface area contributed by atoms with E-state index in [1.165, 1.54) is 0 Å². The zero-order chi connectivity index (χ0) is 9.68. The molecule has 0 amide bonds. The van der Waals surface area contributed by atoms with Crippen molar-refractivity contribution in [3.05, 3.63) is 34.3 Å². The molecule has 1 aromatic rings. The smallest absolute Gasteiger partial charge is 0.0565 e. The van der Waals surface area contributed by atoms with E-state index in [0.717, 1.165) is 11.1 Å². The van der Waals surface area contributed by atoms with Crippen molar-refractivity contribution >= 4 is 11.6 Å². The fourth-order valence-corrected chi connectivity index (χ4v) is 1.23. The Kier molecular flexibility index (Phi) is 3.82. The van der Waals surface area contributed by atoms with Crippen LogP contribution >= 0.6 is 11.6 Å². The summed E-state index contributed by atoms with van der Waals surface area (Å²) >= 11 is 5.97. The average Bonchev–Trinajstić information content (AvgIpc) is 2.09. The number of aryl methyl sites for hydroxylation is 1. The molecule has 1 rings (SSSR count). The van der Waals surface area contributed by atoms with Gasteiger partial charge in [0.05, 0.1) is 5.02 Å². The Balaban J connectivity index is 2.85. The third-order valence-electron chi connectivity index (χ3n) is 1.62. The second-order valence-electron chi connectivity index (χ2n) is 2.82. The number of nitrogens with two attached hydrogens (primary N) is 1. The Morgan fingerprint density at radius 1 is 1.46 bits per heavy atom. The predicted octanol–water partition coefficient (Wildman–Crippen LogP) is 2.35. The quantitative estimate of drug-likeness (QED) is 0.681. The number of rotatable bonds is 1. The van der Waals surface area contributed by atoms with Gasteiger partial charge in [0.15, 0.2) is 0 Å².